The van der Waals surface area contributed by atoms with Crippen molar-refractivity contribution in [1.82, 2.24) is 0 Å². The fourth-order valence-corrected chi connectivity index (χ4v) is 3.57. The molecule has 2 fully saturated rings. The summed E-state index contributed by atoms with van der Waals surface area (Å²) in [7, 11) is 0. The van der Waals surface area contributed by atoms with E-state index in [2.05, 4.69) is 30.3 Å². The van der Waals surface area contributed by atoms with Crippen LogP contribution in [0.3, 0.4) is 0 Å². The lowest BCUT2D eigenvalue weighted by Crippen LogP contribution is -2.50. The molecular weight excluding hydrogens is 312 g/mol. The third-order valence-corrected chi connectivity index (χ3v) is 5.11. The fraction of sp³-hybridized carbons (Fsp3) is 0.364. The molecular formula is C22H24O3. The Bertz CT molecular complexity index is 693. The number of hydrogen-bond donors (Lipinski definition) is 0. The Morgan fingerprint density at radius 1 is 0.760 bits per heavy atom. The quantitative estimate of drug-likeness (QED) is 0.718. The predicted octanol–water partition coefficient (Wildman–Crippen LogP) is 5.23. The highest BCUT2D eigenvalue weighted by Gasteiger charge is 2.47. The molecule has 1 heterocycles. The van der Waals surface area contributed by atoms with Gasteiger partial charge in [-0.1, -0.05) is 73.2 Å². The second-order valence-corrected chi connectivity index (χ2v) is 6.93. The Kier molecular flexibility index (Phi) is 4.71. The molecule has 1 unspecified atom stereocenters. The molecule has 1 spiro atoms. The summed E-state index contributed by atoms with van der Waals surface area (Å²) < 4.78 is 6.27. The molecule has 3 heteroatoms. The van der Waals surface area contributed by atoms with Gasteiger partial charge in [0.25, 0.3) is 0 Å². The average molecular weight is 336 g/mol. The van der Waals surface area contributed by atoms with Crippen molar-refractivity contribution >= 4 is 6.08 Å². The topological polar surface area (TPSA) is 27.7 Å². The number of benzene rings is 2. The third-order valence-electron chi connectivity index (χ3n) is 5.11. The highest BCUT2D eigenvalue weighted by Crippen LogP contribution is 2.42. The van der Waals surface area contributed by atoms with Gasteiger partial charge >= 0.3 is 0 Å². The summed E-state index contributed by atoms with van der Waals surface area (Å²) in [6.07, 6.45) is 9.42. The molecule has 2 aromatic carbocycles. The van der Waals surface area contributed by atoms with Gasteiger partial charge in [-0.3, -0.25) is 0 Å². The van der Waals surface area contributed by atoms with Gasteiger partial charge in [0.15, 0.2) is 5.60 Å². The van der Waals surface area contributed by atoms with E-state index < -0.39 is 11.4 Å². The first-order chi connectivity index (χ1) is 12.3. The smallest absolute Gasteiger partial charge is 0.201 e. The minimum atomic E-state index is -0.722. The molecule has 3 nitrogen and oxygen atoms in total. The molecule has 2 aliphatic rings. The molecule has 1 saturated heterocycles. The van der Waals surface area contributed by atoms with Gasteiger partial charge in [-0.25, -0.2) is 4.89 Å². The monoisotopic (exact) mass is 336 g/mol. The molecule has 0 bridgehead atoms. The largest absolute Gasteiger partial charge is 0.343 e. The van der Waals surface area contributed by atoms with Crippen LogP contribution in [-0.2, 0) is 20.1 Å². The second-order valence-electron chi connectivity index (χ2n) is 6.93. The zero-order valence-electron chi connectivity index (χ0n) is 14.4. The van der Waals surface area contributed by atoms with Crippen LogP contribution in [0.2, 0.25) is 0 Å². The lowest BCUT2D eigenvalue weighted by atomic mass is 9.90. The van der Waals surface area contributed by atoms with Crippen LogP contribution >= 0.6 is 0 Å². The maximum atomic E-state index is 6.27. The highest BCUT2D eigenvalue weighted by atomic mass is 17.2. The molecule has 1 aliphatic carbocycles. The zero-order valence-corrected chi connectivity index (χ0v) is 14.4. The fourth-order valence-electron chi connectivity index (χ4n) is 3.57. The van der Waals surface area contributed by atoms with E-state index in [1.54, 1.807) is 0 Å². The molecule has 0 amide bonds. The van der Waals surface area contributed by atoms with Crippen molar-refractivity contribution in [3.63, 3.8) is 0 Å². The van der Waals surface area contributed by atoms with Crippen LogP contribution in [0.5, 0.6) is 0 Å². The van der Waals surface area contributed by atoms with Crippen LogP contribution < -0.4 is 0 Å². The van der Waals surface area contributed by atoms with Crippen LogP contribution in [0.25, 0.3) is 6.08 Å². The third kappa shape index (κ3) is 3.54. The normalized spacial score (nSPS) is 26.1. The van der Waals surface area contributed by atoms with Gasteiger partial charge in [0, 0.05) is 12.8 Å². The Balaban J connectivity index is 1.61. The number of ether oxygens (including phenoxy) is 1. The van der Waals surface area contributed by atoms with Crippen molar-refractivity contribution in [2.75, 3.05) is 6.61 Å². The lowest BCUT2D eigenvalue weighted by Gasteiger charge is -2.45. The van der Waals surface area contributed by atoms with Crippen molar-refractivity contribution < 1.29 is 14.5 Å². The maximum Gasteiger partial charge on any atom is 0.201 e. The minimum Gasteiger partial charge on any atom is -0.343 e. The molecule has 1 aliphatic heterocycles. The predicted molar refractivity (Wildman–Crippen MR) is 97.5 cm³/mol. The van der Waals surface area contributed by atoms with E-state index >= 15 is 0 Å². The maximum absolute atomic E-state index is 6.27. The number of hydrogen-bond acceptors (Lipinski definition) is 3. The summed E-state index contributed by atoms with van der Waals surface area (Å²) >= 11 is 0. The van der Waals surface area contributed by atoms with Gasteiger partial charge in [0.1, 0.15) is 0 Å². The SMILES string of the molecule is C(=C/C1(c2ccccc2)COC2(CCCCC2)OO1)/c1ccccc1. The van der Waals surface area contributed by atoms with Crippen molar-refractivity contribution in [2.24, 2.45) is 0 Å². The van der Waals surface area contributed by atoms with Crippen molar-refractivity contribution in [1.29, 1.82) is 0 Å². The van der Waals surface area contributed by atoms with E-state index in [4.69, 9.17) is 14.5 Å². The van der Waals surface area contributed by atoms with E-state index in [1.807, 2.05) is 42.5 Å². The molecule has 0 aromatic heterocycles. The van der Waals surface area contributed by atoms with Crippen LogP contribution in [0.15, 0.2) is 66.7 Å². The Labute approximate surface area is 149 Å². The van der Waals surface area contributed by atoms with E-state index in [-0.39, 0.29) is 0 Å². The molecule has 130 valence electrons. The molecule has 4 rings (SSSR count). The summed E-state index contributed by atoms with van der Waals surface area (Å²) in [6, 6.07) is 20.4. The van der Waals surface area contributed by atoms with E-state index in [9.17, 15) is 0 Å². The zero-order chi connectivity index (χ0) is 17.0. The first kappa shape index (κ1) is 16.5. The Morgan fingerprint density at radius 2 is 1.44 bits per heavy atom. The summed E-state index contributed by atoms with van der Waals surface area (Å²) in [5, 5.41) is 0. The van der Waals surface area contributed by atoms with Gasteiger partial charge in [-0.15, -0.1) is 0 Å². The van der Waals surface area contributed by atoms with E-state index in [0.29, 0.717) is 6.61 Å². The van der Waals surface area contributed by atoms with Crippen molar-refractivity contribution in [3.8, 4) is 0 Å². The average Bonchev–Trinajstić information content (AvgIpc) is 2.70. The van der Waals surface area contributed by atoms with Gasteiger partial charge in [0.05, 0.1) is 6.61 Å². The minimum absolute atomic E-state index is 0.459. The van der Waals surface area contributed by atoms with E-state index in [1.165, 1.54) is 6.42 Å². The summed E-state index contributed by atoms with van der Waals surface area (Å²) in [4.78, 5) is 11.9. The van der Waals surface area contributed by atoms with Crippen LogP contribution in [0.4, 0.5) is 0 Å². The molecule has 1 saturated carbocycles. The van der Waals surface area contributed by atoms with Crippen molar-refractivity contribution in [3.05, 3.63) is 77.9 Å². The van der Waals surface area contributed by atoms with Crippen LogP contribution in [-0.4, -0.2) is 12.4 Å². The standard InChI is InChI=1S/C22H24O3/c1-4-10-19(11-5-1)14-17-21(20-12-6-2-7-13-20)18-23-22(25-24-21)15-8-3-9-16-22/h1-2,4-7,10-14,17H,3,8-9,15-16,18H2/b17-14-. The Hall–Kier alpha value is -1.94. The van der Waals surface area contributed by atoms with E-state index in [0.717, 1.165) is 36.8 Å². The van der Waals surface area contributed by atoms with Gasteiger partial charge < -0.3 is 4.74 Å². The first-order valence-electron chi connectivity index (χ1n) is 9.11. The highest BCUT2D eigenvalue weighted by molar-refractivity contribution is 5.51. The summed E-state index contributed by atoms with van der Waals surface area (Å²) in [5.41, 5.74) is 1.44. The summed E-state index contributed by atoms with van der Waals surface area (Å²) in [5.74, 6) is -0.558. The van der Waals surface area contributed by atoms with Gasteiger partial charge in [0.2, 0.25) is 5.79 Å². The van der Waals surface area contributed by atoms with Crippen LogP contribution in [0.1, 0.15) is 43.2 Å². The molecule has 2 aromatic rings. The summed E-state index contributed by atoms with van der Waals surface area (Å²) in [6.45, 7) is 0.459. The van der Waals surface area contributed by atoms with Gasteiger partial charge in [-0.2, -0.15) is 4.89 Å². The first-order valence-corrected chi connectivity index (χ1v) is 9.11. The molecule has 0 N–H and O–H groups in total. The molecule has 25 heavy (non-hydrogen) atoms. The van der Waals surface area contributed by atoms with Crippen LogP contribution in [0, 0.1) is 0 Å². The van der Waals surface area contributed by atoms with Gasteiger partial charge in [-0.05, 0) is 30.0 Å². The Morgan fingerprint density at radius 3 is 2.08 bits per heavy atom. The second kappa shape index (κ2) is 7.12. The molecule has 0 radical (unpaired) electrons. The lowest BCUT2D eigenvalue weighted by molar-refractivity contribution is -0.512. The van der Waals surface area contributed by atoms with Crippen molar-refractivity contribution in [2.45, 2.75) is 43.5 Å². The molecule has 1 atom stereocenters. The number of rotatable bonds is 3.